The lowest BCUT2D eigenvalue weighted by Gasteiger charge is -2.08. The van der Waals surface area contributed by atoms with E-state index in [1.807, 2.05) is 0 Å². The molecule has 0 aliphatic carbocycles. The minimum absolute atomic E-state index is 0.0571. The highest BCUT2D eigenvalue weighted by Gasteiger charge is 2.20. The van der Waals surface area contributed by atoms with Gasteiger partial charge in [-0.25, -0.2) is 16.8 Å². The fraction of sp³-hybridized carbons (Fsp3) is 0.455. The second-order valence-electron chi connectivity index (χ2n) is 4.08. The molecule has 0 fully saturated rings. The molecule has 1 aromatic carbocycles. The molecule has 5 nitrogen and oxygen atoms in total. The molecule has 7 heteroatoms. The fourth-order valence-corrected chi connectivity index (χ4v) is 4.72. The Morgan fingerprint density at radius 1 is 1.11 bits per heavy atom. The van der Waals surface area contributed by atoms with Gasteiger partial charge in [-0.15, -0.1) is 0 Å². The maximum Gasteiger partial charge on any atom is 0.179 e. The van der Waals surface area contributed by atoms with Crippen molar-refractivity contribution >= 4 is 25.4 Å². The Morgan fingerprint density at radius 3 is 2.28 bits per heavy atom. The van der Waals surface area contributed by atoms with E-state index in [0.29, 0.717) is 11.3 Å². The van der Waals surface area contributed by atoms with E-state index >= 15 is 0 Å². The average Bonchev–Trinajstić information content (AvgIpc) is 2.30. The zero-order valence-corrected chi connectivity index (χ0v) is 12.0. The summed E-state index contributed by atoms with van der Waals surface area (Å²) in [7, 11) is -6.91. The molecule has 102 valence electrons. The number of hydrogen-bond acceptors (Lipinski definition) is 5. The van der Waals surface area contributed by atoms with Crippen LogP contribution >= 0.6 is 0 Å². The van der Waals surface area contributed by atoms with Crippen LogP contribution in [-0.4, -0.2) is 34.1 Å². The van der Waals surface area contributed by atoms with Crippen LogP contribution in [0, 0.1) is 6.92 Å². The molecule has 0 amide bonds. The minimum atomic E-state index is -3.62. The third-order valence-corrected chi connectivity index (χ3v) is 6.47. The van der Waals surface area contributed by atoms with Gasteiger partial charge in [-0.3, -0.25) is 0 Å². The summed E-state index contributed by atoms with van der Waals surface area (Å²) in [5.74, 6) is -0.827. The Balaban J connectivity index is 3.04. The highest BCUT2D eigenvalue weighted by Crippen LogP contribution is 2.19. The van der Waals surface area contributed by atoms with E-state index in [1.165, 1.54) is 13.0 Å². The summed E-state index contributed by atoms with van der Waals surface area (Å²) < 4.78 is 46.8. The van der Waals surface area contributed by atoms with Crippen LogP contribution in [-0.2, 0) is 19.7 Å². The highest BCUT2D eigenvalue weighted by molar-refractivity contribution is 7.95. The van der Waals surface area contributed by atoms with E-state index in [1.54, 1.807) is 19.1 Å². The Morgan fingerprint density at radius 2 is 1.72 bits per heavy atom. The monoisotopic (exact) mass is 291 g/mol. The molecule has 0 aliphatic rings. The van der Waals surface area contributed by atoms with Gasteiger partial charge >= 0.3 is 0 Å². The van der Waals surface area contributed by atoms with E-state index in [4.69, 9.17) is 5.73 Å². The third kappa shape index (κ3) is 3.71. The summed E-state index contributed by atoms with van der Waals surface area (Å²) in [6.45, 7) is 3.15. The molecule has 0 spiro atoms. The SMILES string of the molecule is CCS(=O)(=O)CCS(=O)(=O)c1cc(N)ccc1C. The Kier molecular flexibility index (Phi) is 4.39. The lowest BCUT2D eigenvalue weighted by atomic mass is 10.2. The van der Waals surface area contributed by atoms with Crippen LogP contribution in [0.2, 0.25) is 0 Å². The summed E-state index contributed by atoms with van der Waals surface area (Å²) in [6, 6.07) is 4.58. The second kappa shape index (κ2) is 5.27. The first kappa shape index (κ1) is 15.0. The Labute approximate surface area is 108 Å². The van der Waals surface area contributed by atoms with Gasteiger partial charge in [0.25, 0.3) is 0 Å². The van der Waals surface area contributed by atoms with Gasteiger partial charge in [0.2, 0.25) is 0 Å². The molecule has 1 aromatic rings. The van der Waals surface area contributed by atoms with Gasteiger partial charge < -0.3 is 5.73 Å². The molecule has 18 heavy (non-hydrogen) atoms. The van der Waals surface area contributed by atoms with Crippen LogP contribution in [0.1, 0.15) is 12.5 Å². The van der Waals surface area contributed by atoms with Crippen molar-refractivity contribution in [3.63, 3.8) is 0 Å². The molecular formula is C11H17NO4S2. The van der Waals surface area contributed by atoms with Crippen molar-refractivity contribution in [3.8, 4) is 0 Å². The van der Waals surface area contributed by atoms with Gasteiger partial charge in [-0.05, 0) is 24.6 Å². The summed E-state index contributed by atoms with van der Waals surface area (Å²) in [5, 5.41) is 0. The molecule has 0 aliphatic heterocycles. The Bertz CT molecular complexity index is 633. The molecular weight excluding hydrogens is 274 g/mol. The van der Waals surface area contributed by atoms with E-state index in [2.05, 4.69) is 0 Å². The average molecular weight is 291 g/mol. The summed E-state index contributed by atoms with van der Waals surface area (Å²) in [4.78, 5) is 0.105. The van der Waals surface area contributed by atoms with Crippen LogP contribution in [0.5, 0.6) is 0 Å². The molecule has 0 bridgehead atoms. The maximum atomic E-state index is 12.0. The van der Waals surface area contributed by atoms with Gasteiger partial charge in [-0.2, -0.15) is 0 Å². The van der Waals surface area contributed by atoms with E-state index in [0.717, 1.165) is 0 Å². The smallest absolute Gasteiger partial charge is 0.179 e. The normalized spacial score (nSPS) is 12.6. The third-order valence-electron chi connectivity index (χ3n) is 2.65. The quantitative estimate of drug-likeness (QED) is 0.809. The highest BCUT2D eigenvalue weighted by atomic mass is 32.2. The van der Waals surface area contributed by atoms with Gasteiger partial charge in [0.15, 0.2) is 19.7 Å². The number of hydrogen-bond donors (Lipinski definition) is 1. The number of nitrogens with two attached hydrogens (primary N) is 1. The van der Waals surface area contributed by atoms with Gasteiger partial charge in [0, 0.05) is 11.4 Å². The first-order valence-corrected chi connectivity index (χ1v) is 8.94. The molecule has 0 radical (unpaired) electrons. The van der Waals surface area contributed by atoms with Crippen molar-refractivity contribution in [2.24, 2.45) is 0 Å². The molecule has 0 heterocycles. The first-order valence-electron chi connectivity index (χ1n) is 5.47. The molecule has 2 N–H and O–H groups in total. The molecule has 0 atom stereocenters. The maximum absolute atomic E-state index is 12.0. The number of anilines is 1. The van der Waals surface area contributed by atoms with Crippen LogP contribution in [0.15, 0.2) is 23.1 Å². The predicted molar refractivity (Wildman–Crippen MR) is 72.0 cm³/mol. The lowest BCUT2D eigenvalue weighted by molar-refractivity contribution is 0.588. The number of nitrogen functional groups attached to an aromatic ring is 1. The standard InChI is InChI=1S/C11H17NO4S2/c1-3-17(13,14)6-7-18(15,16)11-8-10(12)5-4-9(11)2/h4-5,8H,3,6-7,12H2,1-2H3. The van der Waals surface area contributed by atoms with Crippen LogP contribution in [0.25, 0.3) is 0 Å². The molecule has 0 unspecified atom stereocenters. The van der Waals surface area contributed by atoms with Crippen LogP contribution in [0.4, 0.5) is 5.69 Å². The molecule has 0 aromatic heterocycles. The second-order valence-corrected chi connectivity index (χ2v) is 8.63. The molecule has 0 saturated carbocycles. The molecule has 1 rings (SSSR count). The first-order chi connectivity index (χ1) is 8.18. The van der Waals surface area contributed by atoms with E-state index in [-0.39, 0.29) is 16.4 Å². The zero-order valence-electron chi connectivity index (χ0n) is 10.4. The van der Waals surface area contributed by atoms with Crippen molar-refractivity contribution in [2.45, 2.75) is 18.7 Å². The van der Waals surface area contributed by atoms with E-state index < -0.39 is 25.4 Å². The van der Waals surface area contributed by atoms with Gasteiger partial charge in [-0.1, -0.05) is 13.0 Å². The minimum Gasteiger partial charge on any atom is -0.399 e. The number of sulfone groups is 2. The number of aryl methyl sites for hydroxylation is 1. The van der Waals surface area contributed by atoms with Crippen molar-refractivity contribution in [1.82, 2.24) is 0 Å². The van der Waals surface area contributed by atoms with Gasteiger partial charge in [0.05, 0.1) is 16.4 Å². The number of benzene rings is 1. The van der Waals surface area contributed by atoms with Crippen molar-refractivity contribution in [3.05, 3.63) is 23.8 Å². The number of rotatable bonds is 5. The van der Waals surface area contributed by atoms with Crippen LogP contribution in [0.3, 0.4) is 0 Å². The molecule has 0 saturated heterocycles. The topological polar surface area (TPSA) is 94.3 Å². The van der Waals surface area contributed by atoms with Gasteiger partial charge in [0.1, 0.15) is 0 Å². The lowest BCUT2D eigenvalue weighted by Crippen LogP contribution is -2.19. The van der Waals surface area contributed by atoms with Crippen LogP contribution < -0.4 is 5.73 Å². The van der Waals surface area contributed by atoms with Crippen molar-refractivity contribution in [1.29, 1.82) is 0 Å². The zero-order chi connectivity index (χ0) is 14.0. The van der Waals surface area contributed by atoms with Crippen molar-refractivity contribution in [2.75, 3.05) is 23.0 Å². The largest absolute Gasteiger partial charge is 0.399 e. The van der Waals surface area contributed by atoms with E-state index in [9.17, 15) is 16.8 Å². The summed E-state index contributed by atoms with van der Waals surface area (Å²) >= 11 is 0. The fourth-order valence-electron chi connectivity index (χ4n) is 1.44. The summed E-state index contributed by atoms with van der Waals surface area (Å²) in [6.07, 6.45) is 0. The Hall–Kier alpha value is -1.08. The van der Waals surface area contributed by atoms with Crippen molar-refractivity contribution < 1.29 is 16.8 Å². The summed E-state index contributed by atoms with van der Waals surface area (Å²) in [5.41, 5.74) is 6.46. The predicted octanol–water partition coefficient (Wildman–Crippen LogP) is 0.786.